The standard InChI is InChI=1S/C28H38N6O4/c1-29-25(35)11-5-3-4-10-23(31-26(36)12-13-34-14-16-38-17-15-34)27-30-19-24(32-27)21-18-20-8-6-7-9-22(20)33-28(21)37-2/h6-9,18-19,23H,3-5,10-17H2,1-2H3,(H,29,35)(H,30,32)(H,31,36). The fraction of sp³-hybridized carbons (Fsp3) is 0.500. The van der Waals surface area contributed by atoms with Crippen LogP contribution in [-0.4, -0.2) is 78.7 Å². The van der Waals surface area contributed by atoms with Crippen LogP contribution in [0.25, 0.3) is 22.2 Å². The number of rotatable bonds is 13. The number of imidazole rings is 1. The maximum atomic E-state index is 12.9. The fourth-order valence-corrected chi connectivity index (χ4v) is 4.66. The van der Waals surface area contributed by atoms with E-state index in [4.69, 9.17) is 9.47 Å². The van der Waals surface area contributed by atoms with Gasteiger partial charge in [-0.2, -0.15) is 0 Å². The molecule has 1 atom stereocenters. The molecule has 38 heavy (non-hydrogen) atoms. The Kier molecular flexibility index (Phi) is 10.1. The van der Waals surface area contributed by atoms with Gasteiger partial charge in [-0.15, -0.1) is 0 Å². The van der Waals surface area contributed by atoms with Gasteiger partial charge in [0.1, 0.15) is 5.82 Å². The van der Waals surface area contributed by atoms with Crippen LogP contribution in [0.2, 0.25) is 0 Å². The number of hydrogen-bond donors (Lipinski definition) is 3. The number of amides is 2. The van der Waals surface area contributed by atoms with Crippen molar-refractivity contribution in [3.63, 3.8) is 0 Å². The summed E-state index contributed by atoms with van der Waals surface area (Å²) in [5, 5.41) is 6.85. The molecule has 0 spiro atoms. The highest BCUT2D eigenvalue weighted by Gasteiger charge is 2.21. The van der Waals surface area contributed by atoms with Crippen molar-refractivity contribution < 1.29 is 19.1 Å². The van der Waals surface area contributed by atoms with E-state index in [0.717, 1.165) is 60.9 Å². The van der Waals surface area contributed by atoms with Crippen LogP contribution in [0.4, 0.5) is 0 Å². The van der Waals surface area contributed by atoms with E-state index in [0.29, 0.717) is 44.3 Å². The quantitative estimate of drug-likeness (QED) is 0.295. The van der Waals surface area contributed by atoms with Crippen LogP contribution in [0.1, 0.15) is 50.4 Å². The van der Waals surface area contributed by atoms with E-state index < -0.39 is 0 Å². The number of carbonyl (C=O) groups is 2. The van der Waals surface area contributed by atoms with Crippen LogP contribution < -0.4 is 15.4 Å². The van der Waals surface area contributed by atoms with Crippen molar-refractivity contribution in [2.45, 2.75) is 44.6 Å². The molecule has 0 aliphatic carbocycles. The molecule has 10 nitrogen and oxygen atoms in total. The van der Waals surface area contributed by atoms with E-state index in [1.807, 2.05) is 30.3 Å². The molecule has 10 heteroatoms. The molecule has 0 radical (unpaired) electrons. The number of morpholine rings is 1. The van der Waals surface area contributed by atoms with Gasteiger partial charge in [-0.1, -0.05) is 31.0 Å². The first-order valence-corrected chi connectivity index (χ1v) is 13.4. The average molecular weight is 523 g/mol. The van der Waals surface area contributed by atoms with Gasteiger partial charge < -0.3 is 25.1 Å². The Bertz CT molecular complexity index is 1210. The van der Waals surface area contributed by atoms with Crippen LogP contribution in [-0.2, 0) is 14.3 Å². The van der Waals surface area contributed by atoms with E-state index in [2.05, 4.69) is 30.5 Å². The number of aromatic nitrogens is 3. The number of aromatic amines is 1. The molecule has 1 unspecified atom stereocenters. The molecule has 3 aromatic rings. The predicted octanol–water partition coefficient (Wildman–Crippen LogP) is 3.21. The van der Waals surface area contributed by atoms with Gasteiger partial charge in [-0.25, -0.2) is 9.97 Å². The van der Waals surface area contributed by atoms with Crippen molar-refractivity contribution in [2.75, 3.05) is 47.0 Å². The minimum Gasteiger partial charge on any atom is -0.480 e. The topological polar surface area (TPSA) is 121 Å². The number of para-hydroxylation sites is 1. The summed E-state index contributed by atoms with van der Waals surface area (Å²) in [5.74, 6) is 1.25. The third kappa shape index (κ3) is 7.52. The minimum absolute atomic E-state index is 0.00486. The van der Waals surface area contributed by atoms with Crippen LogP contribution in [0.3, 0.4) is 0 Å². The molecule has 2 aromatic heterocycles. The molecule has 1 fully saturated rings. The van der Waals surface area contributed by atoms with Gasteiger partial charge in [-0.05, 0) is 25.0 Å². The lowest BCUT2D eigenvalue weighted by molar-refractivity contribution is -0.122. The first-order chi connectivity index (χ1) is 18.6. The molecule has 0 saturated carbocycles. The number of hydrogen-bond acceptors (Lipinski definition) is 7. The van der Waals surface area contributed by atoms with Crippen molar-refractivity contribution in [1.82, 2.24) is 30.5 Å². The first kappa shape index (κ1) is 27.5. The summed E-state index contributed by atoms with van der Waals surface area (Å²) < 4.78 is 11.0. The van der Waals surface area contributed by atoms with Crippen LogP contribution >= 0.6 is 0 Å². The number of H-pyrrole nitrogens is 1. The molecular formula is C28H38N6O4. The van der Waals surface area contributed by atoms with Crippen LogP contribution in [0, 0.1) is 0 Å². The Hall–Kier alpha value is -3.50. The molecule has 2 amide bonds. The summed E-state index contributed by atoms with van der Waals surface area (Å²) in [7, 11) is 3.26. The maximum absolute atomic E-state index is 12.9. The smallest absolute Gasteiger partial charge is 0.223 e. The second-order valence-corrected chi connectivity index (χ2v) is 9.52. The summed E-state index contributed by atoms with van der Waals surface area (Å²) in [6, 6.07) is 9.66. The molecule has 1 saturated heterocycles. The molecule has 1 aromatic carbocycles. The predicted molar refractivity (Wildman–Crippen MR) is 146 cm³/mol. The van der Waals surface area contributed by atoms with Gasteiger partial charge in [0.05, 0.1) is 49.3 Å². The van der Waals surface area contributed by atoms with E-state index in [1.54, 1.807) is 20.4 Å². The number of methoxy groups -OCH3 is 1. The third-order valence-electron chi connectivity index (χ3n) is 6.87. The van der Waals surface area contributed by atoms with Crippen LogP contribution in [0.15, 0.2) is 36.5 Å². The summed E-state index contributed by atoms with van der Waals surface area (Å²) in [6.45, 7) is 3.83. The van der Waals surface area contributed by atoms with Crippen LogP contribution in [0.5, 0.6) is 5.88 Å². The van der Waals surface area contributed by atoms with Gasteiger partial charge in [0, 0.05) is 44.9 Å². The lowest BCUT2D eigenvalue weighted by atomic mass is 10.1. The second-order valence-electron chi connectivity index (χ2n) is 9.52. The molecule has 3 N–H and O–H groups in total. The number of benzene rings is 1. The number of unbranched alkanes of at least 4 members (excludes halogenated alkanes) is 2. The number of fused-ring (bicyclic) bond motifs is 1. The second kappa shape index (κ2) is 13.9. The molecular weight excluding hydrogens is 484 g/mol. The maximum Gasteiger partial charge on any atom is 0.223 e. The Morgan fingerprint density at radius 1 is 1.13 bits per heavy atom. The van der Waals surface area contributed by atoms with Crippen molar-refractivity contribution in [2.24, 2.45) is 0 Å². The number of nitrogens with zero attached hydrogens (tertiary/aromatic N) is 3. The number of ether oxygens (including phenoxy) is 2. The zero-order valence-corrected chi connectivity index (χ0v) is 22.3. The first-order valence-electron chi connectivity index (χ1n) is 13.4. The molecule has 3 heterocycles. The zero-order valence-electron chi connectivity index (χ0n) is 22.3. The van der Waals surface area contributed by atoms with Crippen molar-refractivity contribution in [3.8, 4) is 17.1 Å². The molecule has 204 valence electrons. The summed E-state index contributed by atoms with van der Waals surface area (Å²) in [6.07, 6.45) is 5.97. The summed E-state index contributed by atoms with van der Waals surface area (Å²) >= 11 is 0. The fourth-order valence-electron chi connectivity index (χ4n) is 4.66. The van der Waals surface area contributed by atoms with Gasteiger partial charge in [0.2, 0.25) is 17.7 Å². The minimum atomic E-state index is -0.264. The van der Waals surface area contributed by atoms with Gasteiger partial charge in [-0.3, -0.25) is 14.5 Å². The highest BCUT2D eigenvalue weighted by atomic mass is 16.5. The average Bonchev–Trinajstić information content (AvgIpc) is 3.45. The lowest BCUT2D eigenvalue weighted by Crippen LogP contribution is -2.39. The van der Waals surface area contributed by atoms with Gasteiger partial charge in [0.25, 0.3) is 0 Å². The molecule has 4 rings (SSSR count). The molecule has 1 aliphatic heterocycles. The number of pyridine rings is 1. The van der Waals surface area contributed by atoms with Gasteiger partial charge >= 0.3 is 0 Å². The highest BCUT2D eigenvalue weighted by molar-refractivity contribution is 5.85. The van der Waals surface area contributed by atoms with E-state index in [9.17, 15) is 9.59 Å². The summed E-state index contributed by atoms with van der Waals surface area (Å²) in [5.41, 5.74) is 2.45. The Balaban J connectivity index is 1.46. The van der Waals surface area contributed by atoms with Crippen molar-refractivity contribution in [3.05, 3.63) is 42.4 Å². The SMILES string of the molecule is CNC(=O)CCCCCC(NC(=O)CCN1CCOCC1)c1ncc(-c2cc3ccccc3nc2OC)[nH]1. The molecule has 1 aliphatic rings. The Labute approximate surface area is 223 Å². The van der Waals surface area contributed by atoms with Crippen molar-refractivity contribution in [1.29, 1.82) is 0 Å². The summed E-state index contributed by atoms with van der Waals surface area (Å²) in [4.78, 5) is 39.4. The van der Waals surface area contributed by atoms with E-state index in [1.165, 1.54) is 0 Å². The van der Waals surface area contributed by atoms with Gasteiger partial charge in [0.15, 0.2) is 0 Å². The highest BCUT2D eigenvalue weighted by Crippen LogP contribution is 2.31. The number of carbonyl (C=O) groups excluding carboxylic acids is 2. The normalized spacial score (nSPS) is 14.8. The Morgan fingerprint density at radius 2 is 1.95 bits per heavy atom. The van der Waals surface area contributed by atoms with E-state index in [-0.39, 0.29) is 17.9 Å². The largest absolute Gasteiger partial charge is 0.480 e. The monoisotopic (exact) mass is 522 g/mol. The molecule has 0 bridgehead atoms. The lowest BCUT2D eigenvalue weighted by Gasteiger charge is -2.26. The van der Waals surface area contributed by atoms with Crippen molar-refractivity contribution >= 4 is 22.7 Å². The third-order valence-corrected chi connectivity index (χ3v) is 6.87. The Morgan fingerprint density at radius 3 is 2.74 bits per heavy atom. The zero-order chi connectivity index (χ0) is 26.7. The van der Waals surface area contributed by atoms with E-state index >= 15 is 0 Å². The number of nitrogens with one attached hydrogen (secondary N) is 3.